The third-order valence-corrected chi connectivity index (χ3v) is 5.97. The van der Waals surface area contributed by atoms with Gasteiger partial charge in [-0.25, -0.2) is 8.78 Å². The first-order valence-corrected chi connectivity index (χ1v) is 10.9. The highest BCUT2D eigenvalue weighted by Gasteiger charge is 2.17. The summed E-state index contributed by atoms with van der Waals surface area (Å²) in [6.07, 6.45) is 4.09. The van der Waals surface area contributed by atoms with Crippen molar-refractivity contribution in [1.29, 1.82) is 0 Å². The summed E-state index contributed by atoms with van der Waals surface area (Å²) in [7, 11) is 0. The van der Waals surface area contributed by atoms with Crippen LogP contribution in [0.2, 0.25) is 0 Å². The molecule has 0 spiro atoms. The van der Waals surface area contributed by atoms with Crippen molar-refractivity contribution in [1.82, 2.24) is 9.80 Å². The van der Waals surface area contributed by atoms with Gasteiger partial charge in [0.25, 0.3) is 0 Å². The number of nitrogens with two attached hydrogens (primary N) is 2. The molecule has 2 saturated heterocycles. The van der Waals surface area contributed by atoms with Gasteiger partial charge in [-0.05, 0) is 64.0 Å². The fourth-order valence-electron chi connectivity index (χ4n) is 3.96. The molecule has 2 aromatic carbocycles. The molecule has 0 saturated carbocycles. The number of hydrogen-bond acceptors (Lipinski definition) is 4. The summed E-state index contributed by atoms with van der Waals surface area (Å²) < 4.78 is 26.7. The van der Waals surface area contributed by atoms with E-state index in [1.165, 1.54) is 12.1 Å². The molecule has 0 bridgehead atoms. The number of benzene rings is 2. The Hall–Kier alpha value is -1.86. The summed E-state index contributed by atoms with van der Waals surface area (Å²) in [4.78, 5) is 4.53. The molecule has 0 aromatic heterocycles. The Morgan fingerprint density at radius 3 is 1.30 bits per heavy atom. The lowest BCUT2D eigenvalue weighted by Gasteiger charge is -2.30. The van der Waals surface area contributed by atoms with Gasteiger partial charge in [0.1, 0.15) is 11.6 Å². The summed E-state index contributed by atoms with van der Waals surface area (Å²) in [5, 5.41) is 0. The number of halogens is 2. The molecule has 164 valence electrons. The molecule has 0 radical (unpaired) electrons. The van der Waals surface area contributed by atoms with Gasteiger partial charge in [-0.15, -0.1) is 0 Å². The summed E-state index contributed by atoms with van der Waals surface area (Å²) in [5.74, 6) is -0.209. The van der Waals surface area contributed by atoms with Gasteiger partial charge in [0.2, 0.25) is 0 Å². The maximum atomic E-state index is 13.4. The van der Waals surface area contributed by atoms with Crippen LogP contribution in [-0.4, -0.2) is 48.1 Å². The van der Waals surface area contributed by atoms with Crippen LogP contribution < -0.4 is 11.5 Å². The van der Waals surface area contributed by atoms with Crippen LogP contribution in [0.5, 0.6) is 0 Å². The van der Waals surface area contributed by atoms with E-state index in [-0.39, 0.29) is 11.6 Å². The van der Waals surface area contributed by atoms with E-state index in [9.17, 15) is 8.78 Å². The van der Waals surface area contributed by atoms with E-state index < -0.39 is 0 Å². The number of piperidine rings is 2. The Labute approximate surface area is 178 Å². The maximum absolute atomic E-state index is 13.4. The third-order valence-electron chi connectivity index (χ3n) is 5.97. The lowest BCUT2D eigenvalue weighted by Crippen LogP contribution is -2.39. The number of hydrogen-bond donors (Lipinski definition) is 2. The van der Waals surface area contributed by atoms with E-state index in [1.54, 1.807) is 12.1 Å². The lowest BCUT2D eigenvalue weighted by atomic mass is 10.1. The molecular weight excluding hydrogens is 382 g/mol. The Balaban J connectivity index is 0.000000171. The fraction of sp³-hybridized carbons (Fsp3) is 0.500. The monoisotopic (exact) mass is 416 g/mol. The molecule has 4 nitrogen and oxygen atoms in total. The highest BCUT2D eigenvalue weighted by molar-refractivity contribution is 5.18. The first-order valence-electron chi connectivity index (χ1n) is 10.9. The first kappa shape index (κ1) is 22.8. The van der Waals surface area contributed by atoms with Crippen molar-refractivity contribution in [2.24, 2.45) is 11.5 Å². The van der Waals surface area contributed by atoms with Crippen molar-refractivity contribution in [2.45, 2.75) is 50.9 Å². The molecule has 2 aliphatic heterocycles. The zero-order valence-corrected chi connectivity index (χ0v) is 17.6. The van der Waals surface area contributed by atoms with Crippen molar-refractivity contribution < 1.29 is 8.78 Å². The number of likely N-dealkylation sites (tertiary alicyclic amines) is 2. The number of nitrogens with zero attached hydrogens (tertiary/aromatic N) is 2. The molecule has 0 amide bonds. The molecule has 0 unspecified atom stereocenters. The molecule has 4 N–H and O–H groups in total. The standard InChI is InChI=1S/2C12H17FN2/c2*13-12-4-2-1-3-10(12)9-15-7-5-11(14)6-8-15/h2*1-4,11H,5-9,14H2. The van der Waals surface area contributed by atoms with Crippen molar-refractivity contribution in [3.63, 3.8) is 0 Å². The average Bonchev–Trinajstić information content (AvgIpc) is 2.75. The molecule has 2 fully saturated rings. The molecule has 2 aliphatic rings. The van der Waals surface area contributed by atoms with E-state index in [1.807, 2.05) is 24.3 Å². The minimum Gasteiger partial charge on any atom is -0.328 e. The average molecular weight is 417 g/mol. The zero-order chi connectivity index (χ0) is 21.3. The largest absolute Gasteiger partial charge is 0.328 e. The van der Waals surface area contributed by atoms with Crippen LogP contribution in [0.3, 0.4) is 0 Å². The minimum atomic E-state index is -0.104. The highest BCUT2D eigenvalue weighted by atomic mass is 19.1. The van der Waals surface area contributed by atoms with Crippen LogP contribution in [-0.2, 0) is 13.1 Å². The van der Waals surface area contributed by atoms with E-state index in [0.29, 0.717) is 25.2 Å². The third kappa shape index (κ3) is 7.13. The number of rotatable bonds is 4. The fourth-order valence-corrected chi connectivity index (χ4v) is 3.96. The molecule has 2 aromatic rings. The second kappa shape index (κ2) is 11.5. The molecule has 0 aliphatic carbocycles. The van der Waals surface area contributed by atoms with Gasteiger partial charge in [0.15, 0.2) is 0 Å². The van der Waals surface area contributed by atoms with Crippen molar-refractivity contribution >= 4 is 0 Å². The van der Waals surface area contributed by atoms with Gasteiger partial charge < -0.3 is 11.5 Å². The molecular formula is C24H34F2N4. The molecule has 4 rings (SSSR count). The Morgan fingerprint density at radius 2 is 0.967 bits per heavy atom. The summed E-state index contributed by atoms with van der Waals surface area (Å²) in [6.45, 7) is 5.34. The van der Waals surface area contributed by atoms with Crippen molar-refractivity contribution in [3.05, 3.63) is 71.3 Å². The van der Waals surface area contributed by atoms with Crippen molar-refractivity contribution in [3.8, 4) is 0 Å². The van der Waals surface area contributed by atoms with Gasteiger partial charge in [0, 0.05) is 36.3 Å². The van der Waals surface area contributed by atoms with Gasteiger partial charge in [0.05, 0.1) is 0 Å². The Bertz CT molecular complexity index is 704. The van der Waals surface area contributed by atoms with Crippen LogP contribution in [0.1, 0.15) is 36.8 Å². The zero-order valence-electron chi connectivity index (χ0n) is 17.6. The smallest absolute Gasteiger partial charge is 0.127 e. The van der Waals surface area contributed by atoms with Gasteiger partial charge in [-0.1, -0.05) is 36.4 Å². The van der Waals surface area contributed by atoms with E-state index in [4.69, 9.17) is 11.5 Å². The summed E-state index contributed by atoms with van der Waals surface area (Å²) >= 11 is 0. The van der Waals surface area contributed by atoms with Crippen LogP contribution in [0.15, 0.2) is 48.5 Å². The first-order chi connectivity index (χ1) is 14.5. The van der Waals surface area contributed by atoms with E-state index in [0.717, 1.165) is 63.0 Å². The summed E-state index contributed by atoms with van der Waals surface area (Å²) in [5.41, 5.74) is 13.2. The topological polar surface area (TPSA) is 58.5 Å². The lowest BCUT2D eigenvalue weighted by molar-refractivity contribution is 0.203. The van der Waals surface area contributed by atoms with Crippen LogP contribution >= 0.6 is 0 Å². The molecule has 6 heteroatoms. The minimum absolute atomic E-state index is 0.104. The second-order valence-electron chi connectivity index (χ2n) is 8.41. The van der Waals surface area contributed by atoms with Crippen LogP contribution in [0.4, 0.5) is 8.78 Å². The van der Waals surface area contributed by atoms with Gasteiger partial charge in [-0.3, -0.25) is 9.80 Å². The SMILES string of the molecule is NC1CCN(Cc2ccccc2F)CC1.NC1CCN(Cc2ccccc2F)CC1. The molecule has 30 heavy (non-hydrogen) atoms. The van der Waals surface area contributed by atoms with Crippen molar-refractivity contribution in [2.75, 3.05) is 26.2 Å². The van der Waals surface area contributed by atoms with E-state index in [2.05, 4.69) is 9.80 Å². The highest BCUT2D eigenvalue weighted by Crippen LogP contribution is 2.15. The van der Waals surface area contributed by atoms with E-state index >= 15 is 0 Å². The van der Waals surface area contributed by atoms with Gasteiger partial charge in [-0.2, -0.15) is 0 Å². The Morgan fingerprint density at radius 1 is 0.633 bits per heavy atom. The molecule has 0 atom stereocenters. The van der Waals surface area contributed by atoms with Crippen LogP contribution in [0.25, 0.3) is 0 Å². The quantitative estimate of drug-likeness (QED) is 0.801. The molecule has 2 heterocycles. The van der Waals surface area contributed by atoms with Gasteiger partial charge >= 0.3 is 0 Å². The maximum Gasteiger partial charge on any atom is 0.127 e. The second-order valence-corrected chi connectivity index (χ2v) is 8.41. The predicted octanol–water partition coefficient (Wildman–Crippen LogP) is 3.50. The normalized spacial score (nSPS) is 19.3. The summed E-state index contributed by atoms with van der Waals surface area (Å²) in [6, 6.07) is 14.6. The van der Waals surface area contributed by atoms with Crippen LogP contribution in [0, 0.1) is 11.6 Å². The Kier molecular flexibility index (Phi) is 8.75. The predicted molar refractivity (Wildman–Crippen MR) is 118 cm³/mol.